The van der Waals surface area contributed by atoms with Gasteiger partial charge in [-0.3, -0.25) is 0 Å². The summed E-state index contributed by atoms with van der Waals surface area (Å²) in [6, 6.07) is 18.3. The van der Waals surface area contributed by atoms with E-state index in [0.717, 1.165) is 12.8 Å². The molecule has 0 radical (unpaired) electrons. The number of benzene rings is 2. The van der Waals surface area contributed by atoms with Gasteiger partial charge >= 0.3 is 0 Å². The van der Waals surface area contributed by atoms with Crippen LogP contribution < -0.4 is 5.14 Å². The van der Waals surface area contributed by atoms with E-state index in [9.17, 15) is 8.42 Å². The van der Waals surface area contributed by atoms with Crippen molar-refractivity contribution >= 4 is 10.0 Å². The van der Waals surface area contributed by atoms with Gasteiger partial charge in [0.25, 0.3) is 0 Å². The second-order valence-electron chi connectivity index (χ2n) is 7.54. The number of sulfonamides is 1. The molecule has 1 fully saturated rings. The molecule has 0 spiro atoms. The third kappa shape index (κ3) is 4.34. The second kappa shape index (κ2) is 7.91. The molecule has 3 rings (SSSR count). The van der Waals surface area contributed by atoms with Crippen LogP contribution in [-0.4, -0.2) is 27.4 Å². The van der Waals surface area contributed by atoms with Gasteiger partial charge in [0.2, 0.25) is 10.0 Å². The van der Waals surface area contributed by atoms with Crippen molar-refractivity contribution in [2.45, 2.75) is 42.5 Å². The van der Waals surface area contributed by atoms with Crippen LogP contribution in [0.5, 0.6) is 0 Å². The lowest BCUT2D eigenvalue weighted by Crippen LogP contribution is -2.30. The predicted octanol–water partition coefficient (Wildman–Crippen LogP) is 3.91. The molecule has 5 heteroatoms. The quantitative estimate of drug-likeness (QED) is 0.865. The first kappa shape index (κ1) is 19.1. The topological polar surface area (TPSA) is 63.4 Å². The van der Waals surface area contributed by atoms with Crippen molar-refractivity contribution in [1.29, 1.82) is 0 Å². The first-order valence-corrected chi connectivity index (χ1v) is 10.7. The number of nitrogens with zero attached hydrogens (tertiary/aromatic N) is 1. The summed E-state index contributed by atoms with van der Waals surface area (Å²) in [6.07, 6.45) is 4.63. The van der Waals surface area contributed by atoms with E-state index in [0.29, 0.717) is 17.9 Å². The van der Waals surface area contributed by atoms with Crippen molar-refractivity contribution in [2.24, 2.45) is 11.1 Å². The first-order chi connectivity index (χ1) is 12.4. The molecule has 0 aliphatic heterocycles. The zero-order valence-electron chi connectivity index (χ0n) is 15.5. The Labute approximate surface area is 157 Å². The molecular weight excluding hydrogens is 344 g/mol. The molecule has 140 valence electrons. The molecule has 1 unspecified atom stereocenters. The SMILES string of the molecule is CN(C)C(c1ccccc1)C1CCC(c2ccc(S(N)(=O)=O)cc2)CC1. The largest absolute Gasteiger partial charge is 0.302 e. The fraction of sp³-hybridized carbons (Fsp3) is 0.429. The highest BCUT2D eigenvalue weighted by molar-refractivity contribution is 7.89. The van der Waals surface area contributed by atoms with Gasteiger partial charge in [0.1, 0.15) is 0 Å². The second-order valence-corrected chi connectivity index (χ2v) is 9.11. The Bertz CT molecular complexity index is 809. The summed E-state index contributed by atoms with van der Waals surface area (Å²) in [5.74, 6) is 1.15. The summed E-state index contributed by atoms with van der Waals surface area (Å²) < 4.78 is 22.8. The molecule has 1 aliphatic rings. The Morgan fingerprint density at radius 3 is 2.00 bits per heavy atom. The third-order valence-electron chi connectivity index (χ3n) is 5.60. The van der Waals surface area contributed by atoms with Crippen molar-refractivity contribution in [3.05, 3.63) is 65.7 Å². The number of hydrogen-bond donors (Lipinski definition) is 1. The molecular formula is C21H28N2O2S. The molecule has 0 saturated heterocycles. The van der Waals surface area contributed by atoms with E-state index in [4.69, 9.17) is 5.14 Å². The van der Waals surface area contributed by atoms with E-state index in [1.165, 1.54) is 24.0 Å². The highest BCUT2D eigenvalue weighted by atomic mass is 32.2. The van der Waals surface area contributed by atoms with Crippen LogP contribution in [-0.2, 0) is 10.0 Å². The molecule has 1 aliphatic carbocycles. The summed E-state index contributed by atoms with van der Waals surface area (Å²) in [6.45, 7) is 0. The Morgan fingerprint density at radius 1 is 0.923 bits per heavy atom. The minimum atomic E-state index is -3.62. The number of rotatable bonds is 5. The summed E-state index contributed by atoms with van der Waals surface area (Å²) >= 11 is 0. The maximum absolute atomic E-state index is 11.4. The van der Waals surface area contributed by atoms with E-state index in [1.807, 2.05) is 12.1 Å². The van der Waals surface area contributed by atoms with Crippen molar-refractivity contribution in [2.75, 3.05) is 14.1 Å². The van der Waals surface area contributed by atoms with Gasteiger partial charge in [-0.1, -0.05) is 42.5 Å². The van der Waals surface area contributed by atoms with Crippen molar-refractivity contribution in [3.63, 3.8) is 0 Å². The number of hydrogen-bond acceptors (Lipinski definition) is 3. The van der Waals surface area contributed by atoms with Gasteiger partial charge in [0.05, 0.1) is 4.90 Å². The van der Waals surface area contributed by atoms with Crippen LogP contribution >= 0.6 is 0 Å². The van der Waals surface area contributed by atoms with E-state index in [1.54, 1.807) is 12.1 Å². The Balaban J connectivity index is 1.68. The summed E-state index contributed by atoms with van der Waals surface area (Å²) in [5, 5.41) is 5.19. The van der Waals surface area contributed by atoms with Crippen LogP contribution in [0.2, 0.25) is 0 Å². The molecule has 2 N–H and O–H groups in total. The molecule has 0 heterocycles. The fourth-order valence-corrected chi connectivity index (χ4v) is 4.86. The number of nitrogens with two attached hydrogens (primary N) is 1. The molecule has 2 aromatic rings. The maximum Gasteiger partial charge on any atom is 0.238 e. The summed E-state index contributed by atoms with van der Waals surface area (Å²) in [5.41, 5.74) is 2.61. The third-order valence-corrected chi connectivity index (χ3v) is 6.53. The Morgan fingerprint density at radius 2 is 1.50 bits per heavy atom. The molecule has 0 bridgehead atoms. The summed E-state index contributed by atoms with van der Waals surface area (Å²) in [4.78, 5) is 2.52. The molecule has 0 amide bonds. The van der Waals surface area contributed by atoms with Crippen LogP contribution in [0.25, 0.3) is 0 Å². The van der Waals surface area contributed by atoms with E-state index < -0.39 is 10.0 Å². The minimum absolute atomic E-state index is 0.187. The fourth-order valence-electron chi connectivity index (χ4n) is 4.34. The van der Waals surface area contributed by atoms with Crippen LogP contribution in [0.4, 0.5) is 0 Å². The molecule has 2 aromatic carbocycles. The van der Waals surface area contributed by atoms with E-state index >= 15 is 0 Å². The molecule has 1 saturated carbocycles. The monoisotopic (exact) mass is 372 g/mol. The average Bonchev–Trinajstić information content (AvgIpc) is 2.62. The van der Waals surface area contributed by atoms with Crippen LogP contribution in [0.3, 0.4) is 0 Å². The van der Waals surface area contributed by atoms with E-state index in [-0.39, 0.29) is 4.90 Å². The first-order valence-electron chi connectivity index (χ1n) is 9.20. The van der Waals surface area contributed by atoms with Crippen molar-refractivity contribution in [1.82, 2.24) is 4.90 Å². The Hall–Kier alpha value is -1.69. The smallest absolute Gasteiger partial charge is 0.238 e. The lowest BCUT2D eigenvalue weighted by molar-refractivity contribution is 0.163. The average molecular weight is 373 g/mol. The van der Waals surface area contributed by atoms with Gasteiger partial charge < -0.3 is 4.90 Å². The number of primary sulfonamides is 1. The molecule has 26 heavy (non-hydrogen) atoms. The molecule has 1 atom stereocenters. The van der Waals surface area contributed by atoms with Gasteiger partial charge in [-0.05, 0) is 74.9 Å². The lowest BCUT2D eigenvalue weighted by Gasteiger charge is -2.37. The predicted molar refractivity (Wildman–Crippen MR) is 105 cm³/mol. The molecule has 0 aromatic heterocycles. The lowest BCUT2D eigenvalue weighted by atomic mass is 9.74. The van der Waals surface area contributed by atoms with Crippen LogP contribution in [0.15, 0.2) is 59.5 Å². The zero-order valence-corrected chi connectivity index (χ0v) is 16.3. The van der Waals surface area contributed by atoms with Crippen molar-refractivity contribution in [3.8, 4) is 0 Å². The van der Waals surface area contributed by atoms with Crippen LogP contribution in [0.1, 0.15) is 48.8 Å². The highest BCUT2D eigenvalue weighted by Gasteiger charge is 2.30. The normalized spacial score (nSPS) is 22.3. The van der Waals surface area contributed by atoms with Crippen LogP contribution in [0, 0.1) is 5.92 Å². The highest BCUT2D eigenvalue weighted by Crippen LogP contribution is 2.42. The van der Waals surface area contributed by atoms with E-state index in [2.05, 4.69) is 49.3 Å². The van der Waals surface area contributed by atoms with Gasteiger partial charge in [-0.15, -0.1) is 0 Å². The Kier molecular flexibility index (Phi) is 5.80. The van der Waals surface area contributed by atoms with Gasteiger partial charge in [-0.25, -0.2) is 13.6 Å². The standard InChI is InChI=1S/C21H28N2O2S/c1-23(2)21(18-6-4-3-5-7-18)19-10-8-16(9-11-19)17-12-14-20(15-13-17)26(22,24)25/h3-7,12-16,19,21H,8-11H2,1-2H3,(H2,22,24,25). The molecule has 4 nitrogen and oxygen atoms in total. The van der Waals surface area contributed by atoms with Gasteiger partial charge in [0, 0.05) is 6.04 Å². The van der Waals surface area contributed by atoms with Gasteiger partial charge in [-0.2, -0.15) is 0 Å². The maximum atomic E-state index is 11.4. The minimum Gasteiger partial charge on any atom is -0.302 e. The summed E-state index contributed by atoms with van der Waals surface area (Å²) in [7, 11) is 0.709. The van der Waals surface area contributed by atoms with Gasteiger partial charge in [0.15, 0.2) is 0 Å². The van der Waals surface area contributed by atoms with Crippen molar-refractivity contribution < 1.29 is 8.42 Å². The zero-order chi connectivity index (χ0) is 18.7.